The van der Waals surface area contributed by atoms with Gasteiger partial charge in [-0.3, -0.25) is 9.59 Å². The number of ketones is 1. The van der Waals surface area contributed by atoms with Crippen molar-refractivity contribution < 1.29 is 18.7 Å². The highest BCUT2D eigenvalue weighted by molar-refractivity contribution is 5.97. The Labute approximate surface area is 174 Å². The molecule has 2 aromatic carbocycles. The molecule has 1 aromatic heterocycles. The van der Waals surface area contributed by atoms with E-state index in [1.165, 1.54) is 17.2 Å². The van der Waals surface area contributed by atoms with Gasteiger partial charge in [0, 0.05) is 29.0 Å². The van der Waals surface area contributed by atoms with Crippen LogP contribution in [0.1, 0.15) is 57.4 Å². The van der Waals surface area contributed by atoms with Crippen molar-refractivity contribution in [3.63, 3.8) is 0 Å². The minimum Gasteiger partial charge on any atom is -0.461 e. The highest BCUT2D eigenvalue weighted by Crippen LogP contribution is 2.28. The van der Waals surface area contributed by atoms with Crippen molar-refractivity contribution in [1.29, 1.82) is 0 Å². The predicted octanol–water partition coefficient (Wildman–Crippen LogP) is 4.60. The summed E-state index contributed by atoms with van der Waals surface area (Å²) in [5, 5.41) is 0.800. The molecule has 0 radical (unpaired) electrons. The van der Waals surface area contributed by atoms with Gasteiger partial charge in [0.15, 0.2) is 5.78 Å². The van der Waals surface area contributed by atoms with Crippen molar-refractivity contribution in [2.45, 2.75) is 52.6 Å². The largest absolute Gasteiger partial charge is 0.461 e. The molecule has 0 bridgehead atoms. The SMILES string of the molecule is Cc1ccc(C(=O)CCC(=O)OCc2cc(=O)oc3cc4c(cc23)CCC4)cc1C. The second-order valence-corrected chi connectivity index (χ2v) is 7.94. The third-order valence-electron chi connectivity index (χ3n) is 5.82. The molecule has 5 heteroatoms. The molecule has 0 aliphatic heterocycles. The highest BCUT2D eigenvalue weighted by Gasteiger charge is 2.16. The van der Waals surface area contributed by atoms with Gasteiger partial charge in [0.2, 0.25) is 0 Å². The molecule has 5 nitrogen and oxygen atoms in total. The van der Waals surface area contributed by atoms with Gasteiger partial charge in [-0.05, 0) is 73.6 Å². The fraction of sp³-hybridized carbons (Fsp3) is 0.320. The predicted molar refractivity (Wildman–Crippen MR) is 114 cm³/mol. The van der Waals surface area contributed by atoms with Crippen LogP contribution in [0.25, 0.3) is 11.0 Å². The highest BCUT2D eigenvalue weighted by atomic mass is 16.5. The monoisotopic (exact) mass is 404 g/mol. The van der Waals surface area contributed by atoms with E-state index in [-0.39, 0.29) is 25.2 Å². The van der Waals surface area contributed by atoms with Gasteiger partial charge in [-0.15, -0.1) is 0 Å². The summed E-state index contributed by atoms with van der Waals surface area (Å²) in [5.74, 6) is -0.550. The molecule has 0 spiro atoms. The zero-order chi connectivity index (χ0) is 21.3. The van der Waals surface area contributed by atoms with Gasteiger partial charge in [0.25, 0.3) is 0 Å². The molecule has 0 saturated heterocycles. The Morgan fingerprint density at radius 3 is 2.50 bits per heavy atom. The zero-order valence-electron chi connectivity index (χ0n) is 17.2. The minimum absolute atomic E-state index is 0.000525. The number of carbonyl (C=O) groups excluding carboxylic acids is 2. The first-order valence-corrected chi connectivity index (χ1v) is 10.3. The number of carbonyl (C=O) groups is 2. The molecule has 1 heterocycles. The molecule has 4 rings (SSSR count). The van der Waals surface area contributed by atoms with Crippen LogP contribution in [0.5, 0.6) is 0 Å². The Kier molecular flexibility index (Phi) is 5.53. The van der Waals surface area contributed by atoms with Crippen LogP contribution in [0, 0.1) is 13.8 Å². The summed E-state index contributed by atoms with van der Waals surface area (Å²) < 4.78 is 10.7. The van der Waals surface area contributed by atoms with E-state index >= 15 is 0 Å². The summed E-state index contributed by atoms with van der Waals surface area (Å²) in [4.78, 5) is 36.5. The molecule has 0 saturated carbocycles. The second-order valence-electron chi connectivity index (χ2n) is 7.94. The third-order valence-corrected chi connectivity index (χ3v) is 5.82. The number of hydrogen-bond donors (Lipinski definition) is 0. The van der Waals surface area contributed by atoms with Gasteiger partial charge in [-0.2, -0.15) is 0 Å². The Bertz CT molecular complexity index is 1200. The number of fused-ring (bicyclic) bond motifs is 2. The molecular formula is C25H24O5. The van der Waals surface area contributed by atoms with E-state index in [9.17, 15) is 14.4 Å². The van der Waals surface area contributed by atoms with Crippen LogP contribution in [-0.4, -0.2) is 11.8 Å². The number of aryl methyl sites for hydroxylation is 4. The fourth-order valence-electron chi connectivity index (χ4n) is 3.92. The maximum atomic E-state index is 12.4. The van der Waals surface area contributed by atoms with Crippen LogP contribution in [-0.2, 0) is 29.0 Å². The molecular weight excluding hydrogens is 380 g/mol. The second kappa shape index (κ2) is 8.27. The van der Waals surface area contributed by atoms with E-state index in [2.05, 4.69) is 0 Å². The molecule has 1 aliphatic carbocycles. The number of Topliss-reactive ketones (excluding diaryl/α,β-unsaturated/α-hetero) is 1. The van der Waals surface area contributed by atoms with Crippen LogP contribution < -0.4 is 5.63 Å². The Balaban J connectivity index is 1.41. The normalized spacial score (nSPS) is 12.7. The first-order chi connectivity index (χ1) is 14.4. The van der Waals surface area contributed by atoms with Crippen molar-refractivity contribution in [1.82, 2.24) is 0 Å². The van der Waals surface area contributed by atoms with Crippen molar-refractivity contribution in [2.24, 2.45) is 0 Å². The van der Waals surface area contributed by atoms with Crippen LogP contribution in [0.3, 0.4) is 0 Å². The standard InChI is InChI=1S/C25H24O5/c1-15-6-7-19(10-16(15)2)22(26)8-9-24(27)29-14-20-13-25(28)30-23-12-18-5-3-4-17(18)11-21(20)23/h6-7,10-13H,3-5,8-9,14H2,1-2H3. The van der Waals surface area contributed by atoms with Crippen molar-refractivity contribution in [3.05, 3.63) is 80.2 Å². The molecule has 1 aliphatic rings. The number of ether oxygens (including phenoxy) is 1. The number of benzene rings is 2. The first-order valence-electron chi connectivity index (χ1n) is 10.3. The Morgan fingerprint density at radius 2 is 1.73 bits per heavy atom. The topological polar surface area (TPSA) is 73.6 Å². The Morgan fingerprint density at radius 1 is 0.967 bits per heavy atom. The molecule has 0 fully saturated rings. The van der Waals surface area contributed by atoms with Crippen molar-refractivity contribution in [3.8, 4) is 0 Å². The minimum atomic E-state index is -0.463. The van der Waals surface area contributed by atoms with Crippen LogP contribution in [0.15, 0.2) is 45.6 Å². The molecule has 0 unspecified atom stereocenters. The lowest BCUT2D eigenvalue weighted by atomic mass is 10.0. The quantitative estimate of drug-likeness (QED) is 0.341. The van der Waals surface area contributed by atoms with Crippen LogP contribution in [0.2, 0.25) is 0 Å². The summed E-state index contributed by atoms with van der Waals surface area (Å²) in [5.41, 5.74) is 5.93. The summed E-state index contributed by atoms with van der Waals surface area (Å²) >= 11 is 0. The van der Waals surface area contributed by atoms with Gasteiger partial charge in [-0.1, -0.05) is 12.1 Å². The molecule has 0 atom stereocenters. The molecule has 0 amide bonds. The van der Waals surface area contributed by atoms with Crippen molar-refractivity contribution in [2.75, 3.05) is 0 Å². The number of esters is 1. The van der Waals surface area contributed by atoms with E-state index in [1.54, 1.807) is 6.07 Å². The summed E-state index contributed by atoms with van der Waals surface area (Å²) in [6.07, 6.45) is 3.18. The maximum Gasteiger partial charge on any atom is 0.336 e. The molecule has 3 aromatic rings. The average Bonchev–Trinajstić information content (AvgIpc) is 3.18. The fourth-order valence-corrected chi connectivity index (χ4v) is 3.92. The van der Waals surface area contributed by atoms with E-state index < -0.39 is 11.6 Å². The van der Waals surface area contributed by atoms with E-state index in [4.69, 9.17) is 9.15 Å². The lowest BCUT2D eigenvalue weighted by Gasteiger charge is -2.09. The van der Waals surface area contributed by atoms with Crippen LogP contribution >= 0.6 is 0 Å². The Hall–Kier alpha value is -3.21. The smallest absolute Gasteiger partial charge is 0.336 e. The lowest BCUT2D eigenvalue weighted by molar-refractivity contribution is -0.144. The summed E-state index contributed by atoms with van der Waals surface area (Å²) in [6, 6.07) is 10.9. The van der Waals surface area contributed by atoms with Gasteiger partial charge < -0.3 is 9.15 Å². The van der Waals surface area contributed by atoms with E-state index in [0.717, 1.165) is 35.8 Å². The first kappa shape index (κ1) is 20.1. The number of hydrogen-bond acceptors (Lipinski definition) is 5. The average molecular weight is 404 g/mol. The van der Waals surface area contributed by atoms with Gasteiger partial charge in [0.1, 0.15) is 12.2 Å². The van der Waals surface area contributed by atoms with Gasteiger partial charge in [-0.25, -0.2) is 4.79 Å². The number of rotatable bonds is 6. The lowest BCUT2D eigenvalue weighted by Crippen LogP contribution is -2.10. The van der Waals surface area contributed by atoms with Gasteiger partial charge in [0.05, 0.1) is 6.42 Å². The van der Waals surface area contributed by atoms with E-state index in [1.807, 2.05) is 38.1 Å². The zero-order valence-corrected chi connectivity index (χ0v) is 17.2. The molecule has 30 heavy (non-hydrogen) atoms. The maximum absolute atomic E-state index is 12.4. The molecule has 154 valence electrons. The summed E-state index contributed by atoms with van der Waals surface area (Å²) in [6.45, 7) is 3.93. The van der Waals surface area contributed by atoms with Crippen LogP contribution in [0.4, 0.5) is 0 Å². The summed E-state index contributed by atoms with van der Waals surface area (Å²) in [7, 11) is 0. The van der Waals surface area contributed by atoms with E-state index in [0.29, 0.717) is 16.7 Å². The van der Waals surface area contributed by atoms with Crippen molar-refractivity contribution >= 4 is 22.7 Å². The molecule has 0 N–H and O–H groups in total. The third kappa shape index (κ3) is 4.20. The van der Waals surface area contributed by atoms with Gasteiger partial charge >= 0.3 is 11.6 Å².